The van der Waals surface area contributed by atoms with E-state index in [0.29, 0.717) is 30.4 Å². The zero-order chi connectivity index (χ0) is 15.4. The van der Waals surface area contributed by atoms with Gasteiger partial charge in [-0.15, -0.1) is 12.4 Å². The largest absolute Gasteiger partial charge is 0.490 e. The van der Waals surface area contributed by atoms with E-state index in [2.05, 4.69) is 16.6 Å². The number of para-hydroxylation sites is 1. The van der Waals surface area contributed by atoms with Crippen LogP contribution < -0.4 is 15.2 Å². The van der Waals surface area contributed by atoms with E-state index in [-0.39, 0.29) is 24.2 Å². The van der Waals surface area contributed by atoms with Crippen molar-refractivity contribution in [1.29, 1.82) is 0 Å². The minimum Gasteiger partial charge on any atom is -0.490 e. The molecule has 1 fully saturated rings. The highest BCUT2D eigenvalue weighted by atomic mass is 35.5. The molecule has 22 heavy (non-hydrogen) atoms. The van der Waals surface area contributed by atoms with E-state index < -0.39 is 6.61 Å². The van der Waals surface area contributed by atoms with Gasteiger partial charge in [0, 0.05) is 31.2 Å². The molecule has 1 aliphatic rings. The van der Waals surface area contributed by atoms with Crippen molar-refractivity contribution in [3.05, 3.63) is 23.8 Å². The second-order valence-electron chi connectivity index (χ2n) is 5.39. The standard InChI is InChI=1S/C15H22F2N2O2.ClH/c1-3-20-13-6-4-5-11(14(13)21-15(16)17)8-19-7-10(2)12(18)9-19;/h4-6,10,12,15H,3,7-9,18H2,1-2H3;1H. The lowest BCUT2D eigenvalue weighted by atomic mass is 10.1. The summed E-state index contributed by atoms with van der Waals surface area (Å²) in [5.41, 5.74) is 6.70. The number of likely N-dealkylation sites (tertiary alicyclic amines) is 1. The van der Waals surface area contributed by atoms with Crippen molar-refractivity contribution in [2.24, 2.45) is 11.7 Å². The van der Waals surface area contributed by atoms with Crippen LogP contribution in [0.15, 0.2) is 18.2 Å². The van der Waals surface area contributed by atoms with Crippen molar-refractivity contribution in [2.75, 3.05) is 19.7 Å². The molecule has 0 radical (unpaired) electrons. The summed E-state index contributed by atoms with van der Waals surface area (Å²) in [6.07, 6.45) is 0. The van der Waals surface area contributed by atoms with Crippen LogP contribution in [0.3, 0.4) is 0 Å². The number of nitrogens with two attached hydrogens (primary N) is 1. The number of nitrogens with zero attached hydrogens (tertiary/aromatic N) is 1. The van der Waals surface area contributed by atoms with E-state index in [0.717, 1.165) is 13.1 Å². The summed E-state index contributed by atoms with van der Waals surface area (Å²) in [7, 11) is 0. The quantitative estimate of drug-likeness (QED) is 0.867. The van der Waals surface area contributed by atoms with Crippen molar-refractivity contribution in [2.45, 2.75) is 33.0 Å². The van der Waals surface area contributed by atoms with Crippen LogP contribution in [0, 0.1) is 5.92 Å². The molecule has 1 aliphatic heterocycles. The lowest BCUT2D eigenvalue weighted by molar-refractivity contribution is -0.0523. The van der Waals surface area contributed by atoms with Gasteiger partial charge in [0.15, 0.2) is 11.5 Å². The molecule has 0 spiro atoms. The molecule has 0 amide bonds. The number of rotatable bonds is 6. The summed E-state index contributed by atoms with van der Waals surface area (Å²) >= 11 is 0. The van der Waals surface area contributed by atoms with Gasteiger partial charge in [-0.05, 0) is 18.9 Å². The lowest BCUT2D eigenvalue weighted by Crippen LogP contribution is -2.28. The molecular weight excluding hydrogens is 314 g/mol. The number of benzene rings is 1. The van der Waals surface area contributed by atoms with E-state index in [1.54, 1.807) is 25.1 Å². The average molecular weight is 337 g/mol. The third-order valence-corrected chi connectivity index (χ3v) is 3.71. The van der Waals surface area contributed by atoms with Crippen LogP contribution in [0.2, 0.25) is 0 Å². The van der Waals surface area contributed by atoms with Gasteiger partial charge in [-0.2, -0.15) is 8.78 Å². The molecule has 1 aromatic carbocycles. The van der Waals surface area contributed by atoms with Crippen molar-refractivity contribution < 1.29 is 18.3 Å². The van der Waals surface area contributed by atoms with Crippen molar-refractivity contribution in [1.82, 2.24) is 4.90 Å². The Hall–Kier alpha value is -1.11. The summed E-state index contributed by atoms with van der Waals surface area (Å²) in [6.45, 7) is 3.57. The molecule has 0 bridgehead atoms. The van der Waals surface area contributed by atoms with Gasteiger partial charge in [-0.1, -0.05) is 19.1 Å². The Morgan fingerprint density at radius 1 is 1.36 bits per heavy atom. The van der Waals surface area contributed by atoms with Gasteiger partial charge in [0.05, 0.1) is 6.61 Å². The van der Waals surface area contributed by atoms with E-state index in [4.69, 9.17) is 10.5 Å². The Balaban J connectivity index is 0.00000242. The summed E-state index contributed by atoms with van der Waals surface area (Å²) in [5.74, 6) is 0.883. The van der Waals surface area contributed by atoms with Crippen molar-refractivity contribution >= 4 is 12.4 Å². The van der Waals surface area contributed by atoms with E-state index in [9.17, 15) is 8.78 Å². The summed E-state index contributed by atoms with van der Waals surface area (Å²) in [6, 6.07) is 5.34. The predicted octanol–water partition coefficient (Wildman–Crippen LogP) is 2.89. The molecule has 1 saturated heterocycles. The molecule has 2 unspecified atom stereocenters. The number of alkyl halides is 2. The fourth-order valence-corrected chi connectivity index (χ4v) is 2.64. The molecule has 4 nitrogen and oxygen atoms in total. The van der Waals surface area contributed by atoms with E-state index in [1.807, 2.05) is 0 Å². The Kier molecular flexibility index (Phi) is 7.32. The maximum atomic E-state index is 12.6. The van der Waals surface area contributed by atoms with E-state index in [1.165, 1.54) is 0 Å². The number of hydrogen-bond donors (Lipinski definition) is 1. The van der Waals surface area contributed by atoms with Crippen molar-refractivity contribution in [3.63, 3.8) is 0 Å². The molecule has 0 saturated carbocycles. The second kappa shape index (κ2) is 8.50. The number of hydrogen-bond acceptors (Lipinski definition) is 4. The second-order valence-corrected chi connectivity index (χ2v) is 5.39. The molecule has 2 N–H and O–H groups in total. The maximum Gasteiger partial charge on any atom is 0.387 e. The minimum atomic E-state index is -2.87. The van der Waals surface area contributed by atoms with Gasteiger partial charge in [0.1, 0.15) is 0 Å². The van der Waals surface area contributed by atoms with Crippen LogP contribution in [0.5, 0.6) is 11.5 Å². The van der Waals surface area contributed by atoms with Gasteiger partial charge in [0.25, 0.3) is 0 Å². The topological polar surface area (TPSA) is 47.7 Å². The van der Waals surface area contributed by atoms with Gasteiger partial charge in [-0.3, -0.25) is 4.90 Å². The zero-order valence-electron chi connectivity index (χ0n) is 12.8. The number of ether oxygens (including phenoxy) is 2. The van der Waals surface area contributed by atoms with Gasteiger partial charge >= 0.3 is 6.61 Å². The highest BCUT2D eigenvalue weighted by molar-refractivity contribution is 5.85. The highest BCUT2D eigenvalue weighted by Crippen LogP contribution is 2.34. The Morgan fingerprint density at radius 3 is 2.64 bits per heavy atom. The minimum absolute atomic E-state index is 0. The normalized spacial score (nSPS) is 21.7. The van der Waals surface area contributed by atoms with Crippen LogP contribution in [0.1, 0.15) is 19.4 Å². The molecule has 7 heteroatoms. The van der Waals surface area contributed by atoms with Crippen LogP contribution in [0.25, 0.3) is 0 Å². The Labute approximate surface area is 136 Å². The van der Waals surface area contributed by atoms with E-state index >= 15 is 0 Å². The molecule has 126 valence electrons. The molecular formula is C15H23ClF2N2O2. The summed E-state index contributed by atoms with van der Waals surface area (Å²) < 4.78 is 35.4. The molecule has 1 aromatic rings. The van der Waals surface area contributed by atoms with Crippen molar-refractivity contribution in [3.8, 4) is 11.5 Å². The van der Waals surface area contributed by atoms with Gasteiger partial charge < -0.3 is 15.2 Å². The predicted molar refractivity (Wildman–Crippen MR) is 83.9 cm³/mol. The lowest BCUT2D eigenvalue weighted by Gasteiger charge is -2.20. The zero-order valence-corrected chi connectivity index (χ0v) is 13.6. The third-order valence-electron chi connectivity index (χ3n) is 3.71. The SMILES string of the molecule is CCOc1cccc(CN2CC(C)C(N)C2)c1OC(F)F.Cl. The third kappa shape index (κ3) is 4.69. The average Bonchev–Trinajstić information content (AvgIpc) is 2.72. The smallest absolute Gasteiger partial charge is 0.387 e. The molecule has 0 aliphatic carbocycles. The van der Waals surface area contributed by atoms with Gasteiger partial charge in [-0.25, -0.2) is 0 Å². The molecule has 2 rings (SSSR count). The maximum absolute atomic E-state index is 12.6. The summed E-state index contributed by atoms with van der Waals surface area (Å²) in [5, 5.41) is 0. The molecule has 0 aromatic heterocycles. The van der Waals surface area contributed by atoms with Crippen LogP contribution in [-0.4, -0.2) is 37.2 Å². The monoisotopic (exact) mass is 336 g/mol. The number of halogens is 3. The van der Waals surface area contributed by atoms with Crippen LogP contribution >= 0.6 is 12.4 Å². The molecule has 2 atom stereocenters. The molecule has 1 heterocycles. The Morgan fingerprint density at radius 2 is 2.09 bits per heavy atom. The fraction of sp³-hybridized carbons (Fsp3) is 0.600. The van der Waals surface area contributed by atoms with Crippen LogP contribution in [-0.2, 0) is 6.54 Å². The van der Waals surface area contributed by atoms with Crippen LogP contribution in [0.4, 0.5) is 8.78 Å². The Bertz CT molecular complexity index is 467. The first-order valence-corrected chi connectivity index (χ1v) is 7.18. The highest BCUT2D eigenvalue weighted by Gasteiger charge is 2.27. The fourth-order valence-electron chi connectivity index (χ4n) is 2.64. The first kappa shape index (κ1) is 18.9. The summed E-state index contributed by atoms with van der Waals surface area (Å²) in [4.78, 5) is 2.15. The first-order valence-electron chi connectivity index (χ1n) is 7.18. The van der Waals surface area contributed by atoms with Gasteiger partial charge in [0.2, 0.25) is 0 Å². The first-order chi connectivity index (χ1) is 10.0.